The molecule has 124 valence electrons. The average Bonchev–Trinajstić information content (AvgIpc) is 2.50. The van der Waals surface area contributed by atoms with E-state index in [0.29, 0.717) is 6.54 Å². The van der Waals surface area contributed by atoms with E-state index in [1.165, 1.54) is 19.3 Å². The monoisotopic (exact) mass is 298 g/mol. The zero-order valence-corrected chi connectivity index (χ0v) is 14.1. The van der Waals surface area contributed by atoms with Gasteiger partial charge in [-0.2, -0.15) is 0 Å². The molecule has 1 unspecified atom stereocenters. The second-order valence-electron chi connectivity index (χ2n) is 5.98. The second kappa shape index (κ2) is 11.8. The van der Waals surface area contributed by atoms with E-state index in [1.807, 2.05) is 4.90 Å². The summed E-state index contributed by atoms with van der Waals surface area (Å²) >= 11 is 0. The van der Waals surface area contributed by atoms with Crippen LogP contribution in [0.2, 0.25) is 0 Å². The minimum atomic E-state index is -0.278. The maximum atomic E-state index is 12.3. The van der Waals surface area contributed by atoms with E-state index < -0.39 is 0 Å². The molecule has 0 bridgehead atoms. The van der Waals surface area contributed by atoms with Crippen LogP contribution in [0.5, 0.6) is 0 Å². The predicted molar refractivity (Wildman–Crippen MR) is 89.0 cm³/mol. The van der Waals surface area contributed by atoms with Crippen molar-refractivity contribution in [3.8, 4) is 0 Å². The number of nitrogens with zero attached hydrogens (tertiary/aromatic N) is 1. The Morgan fingerprint density at radius 1 is 1.24 bits per heavy atom. The minimum Gasteiger partial charge on any atom is -0.391 e. The fourth-order valence-corrected chi connectivity index (χ4v) is 2.36. The van der Waals surface area contributed by atoms with Crippen LogP contribution in [0.25, 0.3) is 0 Å². The Morgan fingerprint density at radius 3 is 2.38 bits per heavy atom. The summed E-state index contributed by atoms with van der Waals surface area (Å²) in [5, 5.41) is 9.11. The molecule has 4 heteroatoms. The van der Waals surface area contributed by atoms with Crippen molar-refractivity contribution < 1.29 is 9.90 Å². The third kappa shape index (κ3) is 8.22. The van der Waals surface area contributed by atoms with Gasteiger partial charge in [-0.25, -0.2) is 0 Å². The highest BCUT2D eigenvalue weighted by atomic mass is 16.3. The summed E-state index contributed by atoms with van der Waals surface area (Å²) in [5.41, 5.74) is 6.32. The zero-order chi connectivity index (χ0) is 16.3. The number of carbonyl (C=O) groups excluding carboxylic acids is 1. The van der Waals surface area contributed by atoms with Gasteiger partial charge in [-0.3, -0.25) is 4.79 Å². The van der Waals surface area contributed by atoms with Crippen molar-refractivity contribution in [1.82, 2.24) is 4.90 Å². The van der Waals surface area contributed by atoms with E-state index in [0.717, 1.165) is 25.8 Å². The molecule has 1 amide bonds. The molecule has 0 aromatic rings. The maximum Gasteiger partial charge on any atom is 0.251 e. The molecule has 0 heterocycles. The van der Waals surface area contributed by atoms with Crippen molar-refractivity contribution in [3.05, 3.63) is 12.2 Å². The van der Waals surface area contributed by atoms with E-state index in [2.05, 4.69) is 27.4 Å². The molecule has 0 rings (SSSR count). The number of hydrogen-bond acceptors (Lipinski definition) is 3. The Hall–Kier alpha value is -0.870. The third-order valence-electron chi connectivity index (χ3n) is 4.02. The number of aliphatic hydroxyl groups is 1. The molecule has 0 saturated heterocycles. The third-order valence-corrected chi connectivity index (χ3v) is 4.02. The van der Waals surface area contributed by atoms with E-state index in [1.54, 1.807) is 0 Å². The predicted octanol–water partition coefficient (Wildman–Crippen LogP) is 2.71. The first-order chi connectivity index (χ1) is 9.97. The second-order valence-corrected chi connectivity index (χ2v) is 5.98. The van der Waals surface area contributed by atoms with Crippen LogP contribution in [0, 0.1) is 5.92 Å². The van der Waals surface area contributed by atoms with Gasteiger partial charge < -0.3 is 15.7 Å². The van der Waals surface area contributed by atoms with Gasteiger partial charge in [0.25, 0.3) is 5.91 Å². The lowest BCUT2D eigenvalue weighted by atomic mass is 9.99. The molecule has 4 nitrogen and oxygen atoms in total. The Balaban J connectivity index is 4.47. The van der Waals surface area contributed by atoms with Crippen LogP contribution in [0.3, 0.4) is 0 Å². The van der Waals surface area contributed by atoms with Crippen LogP contribution < -0.4 is 5.73 Å². The molecule has 2 atom stereocenters. The van der Waals surface area contributed by atoms with Crippen molar-refractivity contribution in [2.45, 2.75) is 65.3 Å². The highest BCUT2D eigenvalue weighted by molar-refractivity contribution is 5.93. The van der Waals surface area contributed by atoms with Gasteiger partial charge in [0.2, 0.25) is 0 Å². The van der Waals surface area contributed by atoms with Gasteiger partial charge in [0.15, 0.2) is 0 Å². The van der Waals surface area contributed by atoms with E-state index in [9.17, 15) is 4.79 Å². The van der Waals surface area contributed by atoms with Crippen molar-refractivity contribution in [3.63, 3.8) is 0 Å². The van der Waals surface area contributed by atoms with Crippen LogP contribution in [0.1, 0.15) is 59.3 Å². The summed E-state index contributed by atoms with van der Waals surface area (Å²) in [6.07, 6.45) is 6.71. The highest BCUT2D eigenvalue weighted by Gasteiger charge is 2.20. The number of rotatable bonds is 12. The summed E-state index contributed by atoms with van der Waals surface area (Å²) < 4.78 is 0. The summed E-state index contributed by atoms with van der Waals surface area (Å²) in [6, 6.07) is 0.0998. The largest absolute Gasteiger partial charge is 0.391 e. The zero-order valence-electron chi connectivity index (χ0n) is 14.1. The Morgan fingerprint density at radius 2 is 1.86 bits per heavy atom. The highest BCUT2D eigenvalue weighted by Crippen LogP contribution is 2.12. The molecule has 3 N–H and O–H groups in total. The Bertz CT molecular complexity index is 305. The van der Waals surface area contributed by atoms with Gasteiger partial charge in [-0.15, -0.1) is 0 Å². The fraction of sp³-hybridized carbons (Fsp3) is 0.824. The molecule has 0 spiro atoms. The lowest BCUT2D eigenvalue weighted by Gasteiger charge is -2.29. The lowest BCUT2D eigenvalue weighted by Crippen LogP contribution is -2.42. The normalized spacial score (nSPS) is 13.8. The molecular formula is C17H34N2O2. The minimum absolute atomic E-state index is 0.0998. The van der Waals surface area contributed by atoms with E-state index in [4.69, 9.17) is 10.8 Å². The van der Waals surface area contributed by atoms with Crippen LogP contribution in [-0.4, -0.2) is 41.7 Å². The van der Waals surface area contributed by atoms with Gasteiger partial charge in [-0.1, -0.05) is 53.0 Å². The van der Waals surface area contributed by atoms with Crippen LogP contribution >= 0.6 is 0 Å². The van der Waals surface area contributed by atoms with Crippen LogP contribution in [0.15, 0.2) is 12.2 Å². The number of unbranched alkanes of at least 4 members (excludes halogenated alkanes) is 4. The SMILES string of the molecule is C=C(CO)C(=O)N(CCCCCCC)CC(C)[C@H](N)CC. The Labute approximate surface area is 130 Å². The number of carbonyl (C=O) groups is 1. The van der Waals surface area contributed by atoms with Gasteiger partial charge in [-0.05, 0) is 18.8 Å². The molecule has 21 heavy (non-hydrogen) atoms. The molecule has 0 aliphatic heterocycles. The molecule has 0 saturated carbocycles. The summed E-state index contributed by atoms with van der Waals surface area (Å²) in [7, 11) is 0. The average molecular weight is 298 g/mol. The molecule has 0 aliphatic rings. The summed E-state index contributed by atoms with van der Waals surface area (Å²) in [6.45, 7) is 11.1. The standard InChI is InChI=1S/C17H34N2O2/c1-5-7-8-9-10-11-19(17(21)15(4)13-20)12-14(3)16(18)6-2/h14,16,20H,4-13,18H2,1-3H3/t14?,16-/m1/s1. The van der Waals surface area contributed by atoms with Crippen molar-refractivity contribution in [2.24, 2.45) is 11.7 Å². The van der Waals surface area contributed by atoms with E-state index >= 15 is 0 Å². The first-order valence-electron chi connectivity index (χ1n) is 8.31. The molecule has 0 radical (unpaired) electrons. The van der Waals surface area contributed by atoms with Gasteiger partial charge >= 0.3 is 0 Å². The van der Waals surface area contributed by atoms with E-state index in [-0.39, 0.29) is 30.0 Å². The smallest absolute Gasteiger partial charge is 0.251 e. The number of nitrogens with two attached hydrogens (primary N) is 1. The van der Waals surface area contributed by atoms with Crippen molar-refractivity contribution in [1.29, 1.82) is 0 Å². The van der Waals surface area contributed by atoms with Gasteiger partial charge in [0.05, 0.1) is 6.61 Å². The first-order valence-corrected chi connectivity index (χ1v) is 8.31. The molecule has 0 fully saturated rings. The number of hydrogen-bond donors (Lipinski definition) is 2. The van der Waals surface area contributed by atoms with Crippen molar-refractivity contribution in [2.75, 3.05) is 19.7 Å². The summed E-state index contributed by atoms with van der Waals surface area (Å²) in [4.78, 5) is 14.1. The van der Waals surface area contributed by atoms with Gasteiger partial charge in [0.1, 0.15) is 0 Å². The number of aliphatic hydroxyl groups excluding tert-OH is 1. The van der Waals surface area contributed by atoms with Crippen LogP contribution in [-0.2, 0) is 4.79 Å². The number of amides is 1. The Kier molecular flexibility index (Phi) is 11.3. The quantitative estimate of drug-likeness (QED) is 0.430. The lowest BCUT2D eigenvalue weighted by molar-refractivity contribution is -0.128. The first kappa shape index (κ1) is 20.1. The van der Waals surface area contributed by atoms with Crippen molar-refractivity contribution >= 4 is 5.91 Å². The topological polar surface area (TPSA) is 66.6 Å². The molecule has 0 aromatic carbocycles. The maximum absolute atomic E-state index is 12.3. The molecular weight excluding hydrogens is 264 g/mol. The van der Waals surface area contributed by atoms with Gasteiger partial charge in [0, 0.05) is 24.7 Å². The molecule has 0 aromatic heterocycles. The van der Waals surface area contributed by atoms with Crippen LogP contribution in [0.4, 0.5) is 0 Å². The fourth-order valence-electron chi connectivity index (χ4n) is 2.36. The molecule has 0 aliphatic carbocycles. The summed E-state index contributed by atoms with van der Waals surface area (Å²) in [5.74, 6) is 0.115.